The third kappa shape index (κ3) is 5.94. The van der Waals surface area contributed by atoms with Crippen LogP contribution in [0.4, 0.5) is 0 Å². The Balaban J connectivity index is 2.04. The van der Waals surface area contributed by atoms with Crippen LogP contribution in [0.25, 0.3) is 6.08 Å². The molecule has 0 bridgehead atoms. The SMILES string of the molecule is CCCCOC(=O)[C@@]1(O)C[C@@H](O)[C@H](O)[C@H](OC(=O)C=Cc2ccc(O)c(OC)c2)C1. The van der Waals surface area contributed by atoms with Gasteiger partial charge in [0.25, 0.3) is 0 Å². The number of carbonyl (C=O) groups excluding carboxylic acids is 2. The van der Waals surface area contributed by atoms with Gasteiger partial charge in [-0.1, -0.05) is 19.4 Å². The zero-order chi connectivity index (χ0) is 22.3. The fourth-order valence-electron chi connectivity index (χ4n) is 3.12. The Hall–Kier alpha value is -2.62. The van der Waals surface area contributed by atoms with Crippen molar-refractivity contribution in [1.82, 2.24) is 0 Å². The van der Waals surface area contributed by atoms with Gasteiger partial charge in [-0.15, -0.1) is 0 Å². The van der Waals surface area contributed by atoms with E-state index in [1.54, 1.807) is 6.07 Å². The lowest BCUT2D eigenvalue weighted by atomic mass is 9.79. The predicted molar refractivity (Wildman–Crippen MR) is 106 cm³/mol. The second-order valence-electron chi connectivity index (χ2n) is 7.23. The summed E-state index contributed by atoms with van der Waals surface area (Å²) in [5.74, 6) is -1.60. The molecule has 9 heteroatoms. The molecule has 0 heterocycles. The maximum absolute atomic E-state index is 12.2. The summed E-state index contributed by atoms with van der Waals surface area (Å²) in [7, 11) is 1.39. The Morgan fingerprint density at radius 3 is 2.67 bits per heavy atom. The lowest BCUT2D eigenvalue weighted by Crippen LogP contribution is -2.57. The molecule has 0 unspecified atom stereocenters. The maximum atomic E-state index is 12.2. The largest absolute Gasteiger partial charge is 0.504 e. The molecule has 30 heavy (non-hydrogen) atoms. The molecule has 0 amide bonds. The molecule has 1 fully saturated rings. The van der Waals surface area contributed by atoms with Crippen LogP contribution in [0.5, 0.6) is 11.5 Å². The molecule has 0 aliphatic heterocycles. The number of unbranched alkanes of at least 4 members (excludes halogenated alkanes) is 1. The normalized spacial score (nSPS) is 26.4. The fraction of sp³-hybridized carbons (Fsp3) is 0.524. The van der Waals surface area contributed by atoms with Crippen molar-refractivity contribution in [1.29, 1.82) is 0 Å². The summed E-state index contributed by atoms with van der Waals surface area (Å²) in [5.41, 5.74) is -1.52. The Bertz CT molecular complexity index is 776. The highest BCUT2D eigenvalue weighted by Gasteiger charge is 2.51. The Labute approximate surface area is 174 Å². The van der Waals surface area contributed by atoms with Gasteiger partial charge in [0.05, 0.1) is 19.8 Å². The molecule has 0 radical (unpaired) electrons. The van der Waals surface area contributed by atoms with Crippen LogP contribution in [0.2, 0.25) is 0 Å². The van der Waals surface area contributed by atoms with Gasteiger partial charge < -0.3 is 34.6 Å². The fourth-order valence-corrected chi connectivity index (χ4v) is 3.12. The van der Waals surface area contributed by atoms with Gasteiger partial charge >= 0.3 is 11.9 Å². The molecular formula is C21H28O9. The second-order valence-corrected chi connectivity index (χ2v) is 7.23. The molecule has 9 nitrogen and oxygen atoms in total. The van der Waals surface area contributed by atoms with E-state index in [1.165, 1.54) is 25.3 Å². The number of esters is 2. The molecule has 1 saturated carbocycles. The van der Waals surface area contributed by atoms with Crippen molar-refractivity contribution in [3.8, 4) is 11.5 Å². The monoisotopic (exact) mass is 424 g/mol. The number of hydrogen-bond donors (Lipinski definition) is 4. The first-order chi connectivity index (χ1) is 14.2. The molecular weight excluding hydrogens is 396 g/mol. The minimum absolute atomic E-state index is 0.0540. The van der Waals surface area contributed by atoms with Crippen molar-refractivity contribution in [3.63, 3.8) is 0 Å². The topological polar surface area (TPSA) is 143 Å². The third-order valence-corrected chi connectivity index (χ3v) is 4.86. The van der Waals surface area contributed by atoms with Gasteiger partial charge in [-0.05, 0) is 30.2 Å². The van der Waals surface area contributed by atoms with Crippen molar-refractivity contribution in [2.24, 2.45) is 0 Å². The van der Waals surface area contributed by atoms with Crippen LogP contribution >= 0.6 is 0 Å². The first-order valence-corrected chi connectivity index (χ1v) is 9.71. The summed E-state index contributed by atoms with van der Waals surface area (Å²) in [5, 5.41) is 40.4. The quantitative estimate of drug-likeness (QED) is 0.272. The van der Waals surface area contributed by atoms with E-state index in [4.69, 9.17) is 14.2 Å². The zero-order valence-electron chi connectivity index (χ0n) is 17.0. The number of phenolic OH excluding ortho intramolecular Hbond substituents is 1. The van der Waals surface area contributed by atoms with E-state index in [1.807, 2.05) is 6.92 Å². The van der Waals surface area contributed by atoms with Gasteiger partial charge in [-0.25, -0.2) is 9.59 Å². The van der Waals surface area contributed by atoms with Crippen LogP contribution in [0, 0.1) is 0 Å². The van der Waals surface area contributed by atoms with Crippen molar-refractivity contribution in [2.75, 3.05) is 13.7 Å². The van der Waals surface area contributed by atoms with Gasteiger partial charge in [0.1, 0.15) is 12.2 Å². The molecule has 4 N–H and O–H groups in total. The summed E-state index contributed by atoms with van der Waals surface area (Å²) < 4.78 is 15.2. The number of ether oxygens (including phenoxy) is 3. The van der Waals surface area contributed by atoms with Gasteiger partial charge in [0.2, 0.25) is 0 Å². The number of aliphatic hydroxyl groups is 3. The van der Waals surface area contributed by atoms with Crippen molar-refractivity contribution in [2.45, 2.75) is 56.5 Å². The van der Waals surface area contributed by atoms with E-state index in [0.717, 1.165) is 12.5 Å². The lowest BCUT2D eigenvalue weighted by Gasteiger charge is -2.39. The number of hydrogen-bond acceptors (Lipinski definition) is 9. The van der Waals surface area contributed by atoms with Crippen LogP contribution in [-0.2, 0) is 19.1 Å². The highest BCUT2D eigenvalue weighted by Crippen LogP contribution is 2.32. The number of rotatable bonds is 8. The van der Waals surface area contributed by atoms with E-state index in [0.29, 0.717) is 12.0 Å². The molecule has 2 rings (SSSR count). The van der Waals surface area contributed by atoms with E-state index >= 15 is 0 Å². The number of phenols is 1. The van der Waals surface area contributed by atoms with Crippen molar-refractivity contribution >= 4 is 18.0 Å². The molecule has 166 valence electrons. The number of methoxy groups -OCH3 is 1. The standard InChI is InChI=1S/C21H28O9/c1-3-4-9-29-20(26)21(27)11-15(23)19(25)17(12-21)30-18(24)8-6-13-5-7-14(22)16(10-13)28-2/h5-8,10,15,17,19,22-23,25,27H,3-4,9,11-12H2,1-2H3/t15-,17-,19+,21-/m1/s1. The Morgan fingerprint density at radius 2 is 2.00 bits per heavy atom. The summed E-state index contributed by atoms with van der Waals surface area (Å²) >= 11 is 0. The summed E-state index contributed by atoms with van der Waals surface area (Å²) in [6, 6.07) is 4.45. The third-order valence-electron chi connectivity index (χ3n) is 4.86. The summed E-state index contributed by atoms with van der Waals surface area (Å²) in [6.07, 6.45) is -1.14. The highest BCUT2D eigenvalue weighted by atomic mass is 16.6. The van der Waals surface area contributed by atoms with Gasteiger partial charge in [0.15, 0.2) is 17.1 Å². The summed E-state index contributed by atoms with van der Waals surface area (Å²) in [4.78, 5) is 24.4. The molecule has 1 aliphatic rings. The first-order valence-electron chi connectivity index (χ1n) is 9.71. The smallest absolute Gasteiger partial charge is 0.338 e. The number of carbonyl (C=O) groups is 2. The average molecular weight is 424 g/mol. The highest BCUT2D eigenvalue weighted by molar-refractivity contribution is 5.87. The summed E-state index contributed by atoms with van der Waals surface area (Å²) in [6.45, 7) is 2.04. The molecule has 1 aliphatic carbocycles. The number of aromatic hydroxyl groups is 1. The van der Waals surface area contributed by atoms with Crippen LogP contribution < -0.4 is 4.74 Å². The number of aliphatic hydroxyl groups excluding tert-OH is 2. The van der Waals surface area contributed by atoms with Crippen LogP contribution in [-0.4, -0.2) is 70.0 Å². The van der Waals surface area contributed by atoms with E-state index in [2.05, 4.69) is 0 Å². The van der Waals surface area contributed by atoms with E-state index in [-0.39, 0.29) is 18.1 Å². The molecule has 0 aromatic heterocycles. The van der Waals surface area contributed by atoms with Gasteiger partial charge in [0, 0.05) is 18.9 Å². The van der Waals surface area contributed by atoms with Gasteiger partial charge in [-0.3, -0.25) is 0 Å². The molecule has 1 aromatic carbocycles. The molecule has 1 aromatic rings. The Morgan fingerprint density at radius 1 is 1.27 bits per heavy atom. The van der Waals surface area contributed by atoms with Crippen molar-refractivity contribution < 1.29 is 44.2 Å². The van der Waals surface area contributed by atoms with E-state index in [9.17, 15) is 30.0 Å². The van der Waals surface area contributed by atoms with Crippen LogP contribution in [0.1, 0.15) is 38.2 Å². The Kier molecular flexibility index (Phi) is 8.22. The molecule has 0 spiro atoms. The number of benzene rings is 1. The zero-order valence-corrected chi connectivity index (χ0v) is 17.0. The van der Waals surface area contributed by atoms with Crippen molar-refractivity contribution in [3.05, 3.63) is 29.8 Å². The molecule has 0 saturated heterocycles. The lowest BCUT2D eigenvalue weighted by molar-refractivity contribution is -0.200. The first kappa shape index (κ1) is 23.7. The minimum atomic E-state index is -2.06. The predicted octanol–water partition coefficient (Wildman–Crippen LogP) is 0.916. The van der Waals surface area contributed by atoms with Crippen LogP contribution in [0.15, 0.2) is 24.3 Å². The van der Waals surface area contributed by atoms with Crippen LogP contribution in [0.3, 0.4) is 0 Å². The average Bonchev–Trinajstić information content (AvgIpc) is 2.71. The molecule has 4 atom stereocenters. The minimum Gasteiger partial charge on any atom is -0.504 e. The van der Waals surface area contributed by atoms with Gasteiger partial charge in [-0.2, -0.15) is 0 Å². The van der Waals surface area contributed by atoms with E-state index < -0.39 is 48.7 Å². The second kappa shape index (κ2) is 10.4. The maximum Gasteiger partial charge on any atom is 0.338 e.